The van der Waals surface area contributed by atoms with Gasteiger partial charge in [-0.1, -0.05) is 6.92 Å². The molecule has 0 spiro atoms. The number of hydrogen-bond donors (Lipinski definition) is 2. The molecule has 1 fully saturated rings. The van der Waals surface area contributed by atoms with E-state index in [4.69, 9.17) is 4.74 Å². The maximum Gasteiger partial charge on any atom is 0.221 e. The molecule has 4 nitrogen and oxygen atoms in total. The Morgan fingerprint density at radius 3 is 3.00 bits per heavy atom. The van der Waals surface area contributed by atoms with Crippen LogP contribution in [-0.2, 0) is 9.53 Å². The average Bonchev–Trinajstić information content (AvgIpc) is 2.77. The molecule has 2 unspecified atom stereocenters. The predicted molar refractivity (Wildman–Crippen MR) is 64.3 cm³/mol. The lowest BCUT2D eigenvalue weighted by Gasteiger charge is -2.12. The number of rotatable bonds is 7. The molecule has 0 aliphatic carbocycles. The molecular formula is C12H24N2O2. The van der Waals surface area contributed by atoms with Gasteiger partial charge in [0.05, 0.1) is 6.61 Å². The molecule has 94 valence electrons. The maximum atomic E-state index is 11.4. The highest BCUT2D eigenvalue weighted by atomic mass is 16.5. The number of hydrogen-bond acceptors (Lipinski definition) is 3. The van der Waals surface area contributed by atoms with Gasteiger partial charge >= 0.3 is 0 Å². The SMILES string of the molecule is CCC(C)NC(=O)CCNCC1CCOC1. The van der Waals surface area contributed by atoms with Crippen LogP contribution >= 0.6 is 0 Å². The summed E-state index contributed by atoms with van der Waals surface area (Å²) in [4.78, 5) is 11.4. The highest BCUT2D eigenvalue weighted by Crippen LogP contribution is 2.10. The van der Waals surface area contributed by atoms with Crippen molar-refractivity contribution >= 4 is 5.91 Å². The van der Waals surface area contributed by atoms with Gasteiger partial charge in [0.15, 0.2) is 0 Å². The van der Waals surface area contributed by atoms with Gasteiger partial charge in [-0.05, 0) is 25.7 Å². The Morgan fingerprint density at radius 1 is 1.56 bits per heavy atom. The quantitative estimate of drug-likeness (QED) is 0.637. The van der Waals surface area contributed by atoms with Crippen molar-refractivity contribution in [2.45, 2.75) is 39.2 Å². The van der Waals surface area contributed by atoms with E-state index < -0.39 is 0 Å². The minimum absolute atomic E-state index is 0.143. The minimum Gasteiger partial charge on any atom is -0.381 e. The summed E-state index contributed by atoms with van der Waals surface area (Å²) >= 11 is 0. The first-order chi connectivity index (χ1) is 7.72. The van der Waals surface area contributed by atoms with Crippen LogP contribution in [0.2, 0.25) is 0 Å². The van der Waals surface area contributed by atoms with Crippen molar-refractivity contribution in [3.05, 3.63) is 0 Å². The van der Waals surface area contributed by atoms with Gasteiger partial charge in [0, 0.05) is 32.2 Å². The molecule has 4 heteroatoms. The molecule has 0 radical (unpaired) electrons. The van der Waals surface area contributed by atoms with E-state index in [1.807, 2.05) is 6.92 Å². The van der Waals surface area contributed by atoms with E-state index in [0.717, 1.165) is 39.1 Å². The number of carbonyl (C=O) groups excluding carboxylic acids is 1. The molecular weight excluding hydrogens is 204 g/mol. The monoisotopic (exact) mass is 228 g/mol. The first-order valence-corrected chi connectivity index (χ1v) is 6.30. The molecule has 0 saturated carbocycles. The van der Waals surface area contributed by atoms with Crippen LogP contribution in [0, 0.1) is 5.92 Å². The van der Waals surface area contributed by atoms with Gasteiger partial charge in [-0.15, -0.1) is 0 Å². The van der Waals surface area contributed by atoms with Gasteiger partial charge in [-0.25, -0.2) is 0 Å². The lowest BCUT2D eigenvalue weighted by Crippen LogP contribution is -2.34. The predicted octanol–water partition coefficient (Wildman–Crippen LogP) is 0.917. The lowest BCUT2D eigenvalue weighted by molar-refractivity contribution is -0.121. The fourth-order valence-corrected chi connectivity index (χ4v) is 1.70. The molecule has 2 atom stereocenters. The van der Waals surface area contributed by atoms with Crippen LogP contribution in [-0.4, -0.2) is 38.3 Å². The van der Waals surface area contributed by atoms with E-state index in [-0.39, 0.29) is 11.9 Å². The Bertz CT molecular complexity index is 203. The Balaban J connectivity index is 1.95. The Labute approximate surface area is 98.1 Å². The molecule has 1 heterocycles. The number of amides is 1. The minimum atomic E-state index is 0.143. The van der Waals surface area contributed by atoms with Crippen LogP contribution in [0.25, 0.3) is 0 Å². The Kier molecular flexibility index (Phi) is 6.42. The van der Waals surface area contributed by atoms with E-state index >= 15 is 0 Å². The van der Waals surface area contributed by atoms with Crippen molar-refractivity contribution in [2.75, 3.05) is 26.3 Å². The second-order valence-electron chi connectivity index (χ2n) is 4.56. The number of nitrogens with one attached hydrogen (secondary N) is 2. The van der Waals surface area contributed by atoms with Crippen molar-refractivity contribution in [3.8, 4) is 0 Å². The zero-order valence-corrected chi connectivity index (χ0v) is 10.4. The highest BCUT2D eigenvalue weighted by molar-refractivity contribution is 5.76. The largest absolute Gasteiger partial charge is 0.381 e. The van der Waals surface area contributed by atoms with Crippen molar-refractivity contribution in [3.63, 3.8) is 0 Å². The summed E-state index contributed by atoms with van der Waals surface area (Å²) in [6.07, 6.45) is 2.70. The standard InChI is InChI=1S/C12H24N2O2/c1-3-10(2)14-12(15)4-6-13-8-11-5-7-16-9-11/h10-11,13H,3-9H2,1-2H3,(H,14,15). The van der Waals surface area contributed by atoms with Crippen LogP contribution in [0.1, 0.15) is 33.1 Å². The van der Waals surface area contributed by atoms with Crippen LogP contribution < -0.4 is 10.6 Å². The average molecular weight is 228 g/mol. The first-order valence-electron chi connectivity index (χ1n) is 6.30. The number of carbonyl (C=O) groups is 1. The summed E-state index contributed by atoms with van der Waals surface area (Å²) in [5.74, 6) is 0.780. The zero-order chi connectivity index (χ0) is 11.8. The first kappa shape index (κ1) is 13.5. The van der Waals surface area contributed by atoms with Gasteiger partial charge in [0.25, 0.3) is 0 Å². The molecule has 1 amide bonds. The van der Waals surface area contributed by atoms with E-state index in [2.05, 4.69) is 17.6 Å². The van der Waals surface area contributed by atoms with E-state index in [1.54, 1.807) is 0 Å². The van der Waals surface area contributed by atoms with Crippen LogP contribution in [0.5, 0.6) is 0 Å². The summed E-state index contributed by atoms with van der Waals surface area (Å²) in [7, 11) is 0. The Hall–Kier alpha value is -0.610. The highest BCUT2D eigenvalue weighted by Gasteiger charge is 2.14. The fraction of sp³-hybridized carbons (Fsp3) is 0.917. The summed E-state index contributed by atoms with van der Waals surface area (Å²) in [6, 6.07) is 0.288. The third-order valence-corrected chi connectivity index (χ3v) is 3.01. The van der Waals surface area contributed by atoms with Crippen LogP contribution in [0.15, 0.2) is 0 Å². The summed E-state index contributed by atoms with van der Waals surface area (Å²) in [5.41, 5.74) is 0. The molecule has 0 aromatic heterocycles. The van der Waals surface area contributed by atoms with Gasteiger partial charge in [0.1, 0.15) is 0 Å². The Morgan fingerprint density at radius 2 is 2.38 bits per heavy atom. The molecule has 1 saturated heterocycles. The second-order valence-corrected chi connectivity index (χ2v) is 4.56. The lowest BCUT2D eigenvalue weighted by atomic mass is 10.1. The normalized spacial score (nSPS) is 22.0. The van der Waals surface area contributed by atoms with Crippen molar-refractivity contribution in [1.82, 2.24) is 10.6 Å². The van der Waals surface area contributed by atoms with Crippen molar-refractivity contribution in [2.24, 2.45) is 5.92 Å². The van der Waals surface area contributed by atoms with E-state index in [0.29, 0.717) is 12.3 Å². The molecule has 0 aromatic rings. The molecule has 2 N–H and O–H groups in total. The zero-order valence-electron chi connectivity index (χ0n) is 10.4. The van der Waals surface area contributed by atoms with Gasteiger partial charge in [-0.2, -0.15) is 0 Å². The summed E-state index contributed by atoms with van der Waals surface area (Å²) < 4.78 is 5.28. The maximum absolute atomic E-state index is 11.4. The smallest absolute Gasteiger partial charge is 0.221 e. The summed E-state index contributed by atoms with van der Waals surface area (Å²) in [6.45, 7) is 7.59. The topological polar surface area (TPSA) is 50.4 Å². The molecule has 0 aromatic carbocycles. The van der Waals surface area contributed by atoms with Gasteiger partial charge in [0.2, 0.25) is 5.91 Å². The van der Waals surface area contributed by atoms with E-state index in [1.165, 1.54) is 0 Å². The van der Waals surface area contributed by atoms with Crippen molar-refractivity contribution < 1.29 is 9.53 Å². The molecule has 16 heavy (non-hydrogen) atoms. The fourth-order valence-electron chi connectivity index (χ4n) is 1.70. The molecule has 1 rings (SSSR count). The number of ether oxygens (including phenoxy) is 1. The third-order valence-electron chi connectivity index (χ3n) is 3.01. The summed E-state index contributed by atoms with van der Waals surface area (Å²) in [5, 5.41) is 6.26. The van der Waals surface area contributed by atoms with Gasteiger partial charge < -0.3 is 15.4 Å². The van der Waals surface area contributed by atoms with Crippen LogP contribution in [0.3, 0.4) is 0 Å². The van der Waals surface area contributed by atoms with E-state index in [9.17, 15) is 4.79 Å². The van der Waals surface area contributed by atoms with Crippen molar-refractivity contribution in [1.29, 1.82) is 0 Å². The van der Waals surface area contributed by atoms with Gasteiger partial charge in [-0.3, -0.25) is 4.79 Å². The third kappa shape index (κ3) is 5.47. The molecule has 0 bridgehead atoms. The second kappa shape index (κ2) is 7.63. The molecule has 1 aliphatic heterocycles. The van der Waals surface area contributed by atoms with Crippen LogP contribution in [0.4, 0.5) is 0 Å². The molecule has 1 aliphatic rings.